The van der Waals surface area contributed by atoms with Crippen LogP contribution in [0.1, 0.15) is 118 Å². The molecule has 9 nitrogen and oxygen atoms in total. The second kappa shape index (κ2) is 36.2. The molecular weight excluding hydrogens is 452 g/mol. The highest BCUT2D eigenvalue weighted by Crippen LogP contribution is 2.09. The third-order valence-corrected chi connectivity index (χ3v) is 4.13. The molecule has 0 heterocycles. The molecule has 0 aliphatic heterocycles. The Morgan fingerprint density at radius 1 is 0.657 bits per heavy atom. The molecule has 0 saturated heterocycles. The molecule has 0 aromatic rings. The summed E-state index contributed by atoms with van der Waals surface area (Å²) < 4.78 is 0. The van der Waals surface area contributed by atoms with Gasteiger partial charge in [0, 0.05) is 40.3 Å². The predicted octanol–water partition coefficient (Wildman–Crippen LogP) is 5.37. The molecule has 0 fully saturated rings. The fourth-order valence-electron chi connectivity index (χ4n) is 2.66. The van der Waals surface area contributed by atoms with Gasteiger partial charge in [-0.15, -0.1) is 0 Å². The van der Waals surface area contributed by atoms with E-state index in [2.05, 4.69) is 24.4 Å². The van der Waals surface area contributed by atoms with Crippen molar-refractivity contribution in [2.24, 2.45) is 5.73 Å². The largest absolute Gasteiger partial charge is 0.481 e. The van der Waals surface area contributed by atoms with E-state index in [1.807, 2.05) is 0 Å². The SMILES string of the molecule is CC(=O)O.CC(=O)O.CC(=O)O.CCCCCCCC/C=C\CCCCCCCC(=O)NCCN. The minimum absolute atomic E-state index is 0.146. The van der Waals surface area contributed by atoms with Crippen LogP contribution in [0.5, 0.6) is 0 Å². The zero-order valence-electron chi connectivity index (χ0n) is 22.5. The van der Waals surface area contributed by atoms with Gasteiger partial charge in [-0.2, -0.15) is 0 Å². The lowest BCUT2D eigenvalue weighted by atomic mass is 10.1. The van der Waals surface area contributed by atoms with Crippen LogP contribution in [-0.4, -0.2) is 52.2 Å². The first-order chi connectivity index (χ1) is 16.5. The molecule has 0 aromatic heterocycles. The summed E-state index contributed by atoms with van der Waals surface area (Å²) in [6.45, 7) is 6.64. The molecule has 1 amide bonds. The van der Waals surface area contributed by atoms with Crippen molar-refractivity contribution in [2.45, 2.75) is 118 Å². The Morgan fingerprint density at radius 3 is 1.37 bits per heavy atom. The quantitative estimate of drug-likeness (QED) is 0.130. The average Bonchev–Trinajstić information content (AvgIpc) is 2.74. The molecule has 0 atom stereocenters. The second-order valence-corrected chi connectivity index (χ2v) is 8.03. The maximum absolute atomic E-state index is 11.4. The standard InChI is InChI=1S/C20H40N2O.3C2H4O2/c1-2-3-4-5-6-7-8-9-10-11-12-13-14-15-16-17-20(23)22-19-18-21;3*1-2(3)4/h9-10H,2-8,11-19,21H2,1H3,(H,22,23);3*1H3,(H,3,4)/b10-9-;;;. The Hall–Kier alpha value is -2.42. The first-order valence-electron chi connectivity index (χ1n) is 12.7. The van der Waals surface area contributed by atoms with E-state index in [1.165, 1.54) is 70.6 Å². The predicted molar refractivity (Wildman–Crippen MR) is 141 cm³/mol. The van der Waals surface area contributed by atoms with Crippen molar-refractivity contribution in [2.75, 3.05) is 13.1 Å². The van der Waals surface area contributed by atoms with Gasteiger partial charge >= 0.3 is 0 Å². The molecule has 0 radical (unpaired) electrons. The van der Waals surface area contributed by atoms with Crippen LogP contribution >= 0.6 is 0 Å². The molecule has 0 spiro atoms. The summed E-state index contributed by atoms with van der Waals surface area (Å²) >= 11 is 0. The van der Waals surface area contributed by atoms with Crippen LogP contribution in [-0.2, 0) is 19.2 Å². The number of aliphatic carboxylic acids is 3. The van der Waals surface area contributed by atoms with Crippen molar-refractivity contribution in [3.8, 4) is 0 Å². The number of hydrogen-bond acceptors (Lipinski definition) is 5. The molecule has 0 aliphatic rings. The van der Waals surface area contributed by atoms with Crippen LogP contribution in [0.15, 0.2) is 12.2 Å². The van der Waals surface area contributed by atoms with Crippen LogP contribution in [0.3, 0.4) is 0 Å². The number of amides is 1. The number of nitrogens with one attached hydrogen (secondary N) is 1. The van der Waals surface area contributed by atoms with Gasteiger partial charge in [-0.25, -0.2) is 0 Å². The van der Waals surface area contributed by atoms with Crippen LogP contribution in [0.25, 0.3) is 0 Å². The van der Waals surface area contributed by atoms with Gasteiger partial charge in [0.2, 0.25) is 5.91 Å². The molecule has 0 saturated carbocycles. The van der Waals surface area contributed by atoms with Crippen LogP contribution in [0.2, 0.25) is 0 Å². The Kier molecular flexibility index (Phi) is 41.1. The summed E-state index contributed by atoms with van der Waals surface area (Å²) in [6, 6.07) is 0. The van der Waals surface area contributed by atoms with E-state index in [9.17, 15) is 4.79 Å². The Morgan fingerprint density at radius 2 is 1.00 bits per heavy atom. The lowest BCUT2D eigenvalue weighted by molar-refractivity contribution is -0.135. The first-order valence-corrected chi connectivity index (χ1v) is 12.7. The molecule has 35 heavy (non-hydrogen) atoms. The summed E-state index contributed by atoms with van der Waals surface area (Å²) in [7, 11) is 0. The minimum atomic E-state index is -0.833. The first kappa shape index (κ1) is 39.8. The van der Waals surface area contributed by atoms with Crippen molar-refractivity contribution in [1.29, 1.82) is 0 Å². The van der Waals surface area contributed by atoms with Crippen LogP contribution in [0.4, 0.5) is 0 Å². The normalized spacial score (nSPS) is 9.51. The number of carboxylic acid groups (broad SMARTS) is 3. The Bertz CT molecular complexity index is 483. The number of carboxylic acids is 3. The van der Waals surface area contributed by atoms with Crippen LogP contribution in [0, 0.1) is 0 Å². The summed E-state index contributed by atoms with van der Waals surface area (Å²) in [5.41, 5.74) is 5.34. The van der Waals surface area contributed by atoms with Gasteiger partial charge in [0.05, 0.1) is 0 Å². The second-order valence-electron chi connectivity index (χ2n) is 8.03. The van der Waals surface area contributed by atoms with Gasteiger partial charge in [-0.3, -0.25) is 19.2 Å². The van der Waals surface area contributed by atoms with Gasteiger partial charge in [0.1, 0.15) is 0 Å². The number of unbranched alkanes of at least 4 members (excludes halogenated alkanes) is 11. The van der Waals surface area contributed by atoms with Crippen molar-refractivity contribution in [1.82, 2.24) is 5.32 Å². The van der Waals surface area contributed by atoms with E-state index in [1.54, 1.807) is 0 Å². The zero-order valence-corrected chi connectivity index (χ0v) is 22.5. The van der Waals surface area contributed by atoms with E-state index in [0.717, 1.165) is 33.6 Å². The number of allylic oxidation sites excluding steroid dienone is 2. The highest BCUT2D eigenvalue weighted by atomic mass is 16.4. The van der Waals surface area contributed by atoms with Gasteiger partial charge in [0.15, 0.2) is 0 Å². The molecule has 0 rings (SSSR count). The molecule has 0 unspecified atom stereocenters. The maximum Gasteiger partial charge on any atom is 0.300 e. The van der Waals surface area contributed by atoms with E-state index in [4.69, 9.17) is 35.4 Å². The van der Waals surface area contributed by atoms with Gasteiger partial charge in [0.25, 0.3) is 17.9 Å². The van der Waals surface area contributed by atoms with E-state index in [0.29, 0.717) is 19.5 Å². The van der Waals surface area contributed by atoms with E-state index < -0.39 is 17.9 Å². The minimum Gasteiger partial charge on any atom is -0.481 e. The van der Waals surface area contributed by atoms with Gasteiger partial charge in [-0.1, -0.05) is 70.4 Å². The van der Waals surface area contributed by atoms with E-state index >= 15 is 0 Å². The van der Waals surface area contributed by atoms with Crippen molar-refractivity contribution in [3.63, 3.8) is 0 Å². The van der Waals surface area contributed by atoms with Gasteiger partial charge in [-0.05, 0) is 32.1 Å². The zero-order chi connectivity index (χ0) is 27.7. The average molecular weight is 505 g/mol. The summed E-state index contributed by atoms with van der Waals surface area (Å²) in [5.74, 6) is -2.35. The Labute approximate surface area is 212 Å². The molecule has 9 heteroatoms. The molecule has 6 N–H and O–H groups in total. The van der Waals surface area contributed by atoms with Crippen LogP contribution < -0.4 is 11.1 Å². The smallest absolute Gasteiger partial charge is 0.300 e. The highest BCUT2D eigenvalue weighted by Gasteiger charge is 1.99. The van der Waals surface area contributed by atoms with Crippen molar-refractivity contribution >= 4 is 23.8 Å². The number of rotatable bonds is 17. The monoisotopic (exact) mass is 504 g/mol. The topological polar surface area (TPSA) is 167 Å². The molecule has 0 aliphatic carbocycles. The Balaban J connectivity index is -0.000000329. The fraction of sp³-hybridized carbons (Fsp3) is 0.769. The number of carbonyl (C=O) groups excluding carboxylic acids is 1. The third-order valence-electron chi connectivity index (χ3n) is 4.13. The highest BCUT2D eigenvalue weighted by molar-refractivity contribution is 5.75. The molecular formula is C26H52N2O7. The van der Waals surface area contributed by atoms with E-state index in [-0.39, 0.29) is 5.91 Å². The number of hydrogen-bond donors (Lipinski definition) is 5. The van der Waals surface area contributed by atoms with Crippen molar-refractivity contribution < 1.29 is 34.5 Å². The summed E-state index contributed by atoms with van der Waals surface area (Å²) in [6.07, 6.45) is 22.1. The molecule has 208 valence electrons. The number of nitrogens with two attached hydrogens (primary N) is 1. The summed E-state index contributed by atoms with van der Waals surface area (Å²) in [5, 5.41) is 25.1. The van der Waals surface area contributed by atoms with Crippen molar-refractivity contribution in [3.05, 3.63) is 12.2 Å². The fourth-order valence-corrected chi connectivity index (χ4v) is 2.66. The molecule has 0 bridgehead atoms. The number of carbonyl (C=O) groups is 4. The summed E-state index contributed by atoms with van der Waals surface area (Å²) in [4.78, 5) is 38.4. The lowest BCUT2D eigenvalue weighted by Crippen LogP contribution is -2.28. The van der Waals surface area contributed by atoms with Gasteiger partial charge < -0.3 is 26.4 Å². The maximum atomic E-state index is 11.4. The lowest BCUT2D eigenvalue weighted by Gasteiger charge is -2.03. The third kappa shape index (κ3) is 80.0. The molecule has 0 aromatic carbocycles.